The van der Waals surface area contributed by atoms with Crippen LogP contribution in [0.1, 0.15) is 5.76 Å². The van der Waals surface area contributed by atoms with E-state index in [-0.39, 0.29) is 0 Å². The summed E-state index contributed by atoms with van der Waals surface area (Å²) in [6.07, 6.45) is 1.63. The summed E-state index contributed by atoms with van der Waals surface area (Å²) in [6.45, 7) is 0.568. The van der Waals surface area contributed by atoms with Crippen molar-refractivity contribution in [2.75, 3.05) is 11.1 Å². The lowest BCUT2D eigenvalue weighted by molar-refractivity contribution is 0.315. The van der Waals surface area contributed by atoms with Crippen molar-refractivity contribution < 1.29 is 9.05 Å². The number of fused-ring (bicyclic) bond motifs is 1. The van der Waals surface area contributed by atoms with E-state index in [1.165, 1.54) is 0 Å². The molecule has 2 aromatic heterocycles. The van der Waals surface area contributed by atoms with Crippen LogP contribution in [0.3, 0.4) is 0 Å². The highest BCUT2D eigenvalue weighted by Crippen LogP contribution is 2.25. The van der Waals surface area contributed by atoms with Crippen LogP contribution < -0.4 is 11.1 Å². The summed E-state index contributed by atoms with van der Waals surface area (Å²) in [5.74, 6) is 0.839. The third-order valence-electron chi connectivity index (χ3n) is 2.48. The number of benzene rings is 1. The fourth-order valence-electron chi connectivity index (χ4n) is 1.62. The summed E-state index contributed by atoms with van der Waals surface area (Å²) in [5, 5.41) is 10.8. The zero-order valence-corrected chi connectivity index (χ0v) is 8.88. The van der Waals surface area contributed by atoms with Gasteiger partial charge in [0.1, 0.15) is 5.76 Å². The van der Waals surface area contributed by atoms with Crippen molar-refractivity contribution in [3.8, 4) is 0 Å². The molecule has 0 fully saturated rings. The highest BCUT2D eigenvalue weighted by atomic mass is 16.6. The van der Waals surface area contributed by atoms with Crippen molar-refractivity contribution in [3.05, 3.63) is 36.3 Å². The van der Waals surface area contributed by atoms with E-state index in [0.29, 0.717) is 23.3 Å². The van der Waals surface area contributed by atoms with Gasteiger partial charge in [-0.3, -0.25) is 0 Å². The van der Waals surface area contributed by atoms with E-state index in [0.717, 1.165) is 11.4 Å². The molecule has 0 aliphatic rings. The molecule has 6 heteroatoms. The van der Waals surface area contributed by atoms with Crippen LogP contribution in [0.4, 0.5) is 11.4 Å². The Morgan fingerprint density at radius 3 is 2.88 bits per heavy atom. The van der Waals surface area contributed by atoms with E-state index in [4.69, 9.17) is 10.2 Å². The van der Waals surface area contributed by atoms with E-state index < -0.39 is 0 Å². The number of aromatic nitrogens is 2. The van der Waals surface area contributed by atoms with Gasteiger partial charge >= 0.3 is 0 Å². The Morgan fingerprint density at radius 1 is 1.18 bits per heavy atom. The van der Waals surface area contributed by atoms with Crippen LogP contribution in [-0.2, 0) is 6.54 Å². The quantitative estimate of drug-likeness (QED) is 0.669. The molecular weight excluding hydrogens is 220 g/mol. The summed E-state index contributed by atoms with van der Waals surface area (Å²) in [7, 11) is 0. The second-order valence-electron chi connectivity index (χ2n) is 3.60. The van der Waals surface area contributed by atoms with E-state index in [1.807, 2.05) is 18.2 Å². The van der Waals surface area contributed by atoms with Gasteiger partial charge in [0, 0.05) is 0 Å². The van der Waals surface area contributed by atoms with Crippen LogP contribution in [0.5, 0.6) is 0 Å². The number of nitrogens with one attached hydrogen (secondary N) is 1. The zero-order valence-electron chi connectivity index (χ0n) is 8.88. The van der Waals surface area contributed by atoms with Gasteiger partial charge in [-0.1, -0.05) is 0 Å². The molecule has 0 aliphatic carbocycles. The third kappa shape index (κ3) is 1.69. The monoisotopic (exact) mass is 230 g/mol. The van der Waals surface area contributed by atoms with Gasteiger partial charge < -0.3 is 15.5 Å². The minimum Gasteiger partial charge on any atom is -0.467 e. The zero-order chi connectivity index (χ0) is 11.7. The summed E-state index contributed by atoms with van der Waals surface area (Å²) in [6, 6.07) is 7.33. The number of anilines is 2. The summed E-state index contributed by atoms with van der Waals surface area (Å²) >= 11 is 0. The smallest absolute Gasteiger partial charge is 0.160 e. The van der Waals surface area contributed by atoms with Crippen molar-refractivity contribution >= 4 is 22.4 Å². The van der Waals surface area contributed by atoms with E-state index in [1.54, 1.807) is 12.3 Å². The van der Waals surface area contributed by atoms with Gasteiger partial charge in [0.2, 0.25) is 0 Å². The average molecular weight is 230 g/mol. The van der Waals surface area contributed by atoms with E-state index in [2.05, 4.69) is 20.3 Å². The lowest BCUT2D eigenvalue weighted by Gasteiger charge is -2.04. The average Bonchev–Trinajstić information content (AvgIpc) is 2.99. The summed E-state index contributed by atoms with van der Waals surface area (Å²) < 4.78 is 9.91. The molecule has 6 nitrogen and oxygen atoms in total. The number of nitrogen functional groups attached to an aromatic ring is 1. The molecule has 0 unspecified atom stereocenters. The summed E-state index contributed by atoms with van der Waals surface area (Å²) in [4.78, 5) is 0. The van der Waals surface area contributed by atoms with Crippen LogP contribution in [0.2, 0.25) is 0 Å². The Kier molecular flexibility index (Phi) is 2.18. The van der Waals surface area contributed by atoms with E-state index >= 15 is 0 Å². The first kappa shape index (κ1) is 9.71. The molecular formula is C11H10N4O2. The standard InChI is InChI=1S/C11H10N4O2/c12-8-3-4-9(11-10(8)14-17-15-11)13-6-7-2-1-5-16-7/h1-5,13H,6,12H2. The molecule has 0 amide bonds. The molecule has 17 heavy (non-hydrogen) atoms. The Bertz CT molecular complexity index is 630. The fraction of sp³-hybridized carbons (Fsp3) is 0.0909. The number of nitrogens with two attached hydrogens (primary N) is 1. The molecule has 0 atom stereocenters. The summed E-state index contributed by atoms with van der Waals surface area (Å²) in [5.41, 5.74) is 8.30. The molecule has 3 aromatic rings. The first-order valence-electron chi connectivity index (χ1n) is 5.11. The van der Waals surface area contributed by atoms with Crippen LogP contribution in [0.15, 0.2) is 39.6 Å². The minimum atomic E-state index is 0.546. The largest absolute Gasteiger partial charge is 0.467 e. The Balaban J connectivity index is 1.90. The lowest BCUT2D eigenvalue weighted by atomic mass is 10.2. The normalized spacial score (nSPS) is 10.8. The Morgan fingerprint density at radius 2 is 2.06 bits per heavy atom. The molecule has 0 saturated heterocycles. The molecule has 3 N–H and O–H groups in total. The second-order valence-corrected chi connectivity index (χ2v) is 3.60. The van der Waals surface area contributed by atoms with Gasteiger partial charge in [0.25, 0.3) is 0 Å². The highest BCUT2D eigenvalue weighted by molar-refractivity contribution is 5.94. The van der Waals surface area contributed by atoms with Crippen LogP contribution in [0.25, 0.3) is 11.0 Å². The van der Waals surface area contributed by atoms with Crippen molar-refractivity contribution in [1.82, 2.24) is 10.3 Å². The van der Waals surface area contributed by atoms with E-state index in [9.17, 15) is 0 Å². The maximum absolute atomic E-state index is 5.75. The Labute approximate surface area is 96.4 Å². The SMILES string of the molecule is Nc1ccc(NCc2ccco2)c2nonc12. The molecule has 86 valence electrons. The molecule has 0 radical (unpaired) electrons. The number of rotatable bonds is 3. The number of nitrogens with zero attached hydrogens (tertiary/aromatic N) is 2. The molecule has 2 heterocycles. The molecule has 0 spiro atoms. The number of hydrogen-bond donors (Lipinski definition) is 2. The van der Waals surface area contributed by atoms with Crippen LogP contribution in [-0.4, -0.2) is 10.3 Å². The molecule has 0 bridgehead atoms. The van der Waals surface area contributed by atoms with Gasteiger partial charge in [0.15, 0.2) is 11.0 Å². The lowest BCUT2D eigenvalue weighted by Crippen LogP contribution is -1.99. The highest BCUT2D eigenvalue weighted by Gasteiger charge is 2.09. The van der Waals surface area contributed by atoms with Gasteiger partial charge in [-0.2, -0.15) is 0 Å². The van der Waals surface area contributed by atoms with Crippen molar-refractivity contribution in [1.29, 1.82) is 0 Å². The predicted molar refractivity (Wildman–Crippen MR) is 62.3 cm³/mol. The number of hydrogen-bond acceptors (Lipinski definition) is 6. The van der Waals surface area contributed by atoms with Crippen molar-refractivity contribution in [2.45, 2.75) is 6.54 Å². The van der Waals surface area contributed by atoms with Crippen molar-refractivity contribution in [3.63, 3.8) is 0 Å². The second kappa shape index (κ2) is 3.82. The first-order valence-corrected chi connectivity index (χ1v) is 5.11. The maximum Gasteiger partial charge on any atom is 0.160 e. The van der Waals surface area contributed by atoms with Gasteiger partial charge in [-0.05, 0) is 34.6 Å². The van der Waals surface area contributed by atoms with Gasteiger partial charge in [-0.25, -0.2) is 4.63 Å². The first-order chi connectivity index (χ1) is 8.34. The Hall–Kier alpha value is -2.50. The molecule has 1 aromatic carbocycles. The fourth-order valence-corrected chi connectivity index (χ4v) is 1.62. The molecule has 3 rings (SSSR count). The minimum absolute atomic E-state index is 0.546. The number of furan rings is 1. The van der Waals surface area contributed by atoms with Crippen LogP contribution >= 0.6 is 0 Å². The van der Waals surface area contributed by atoms with Gasteiger partial charge in [-0.15, -0.1) is 0 Å². The molecule has 0 saturated carbocycles. The van der Waals surface area contributed by atoms with Crippen LogP contribution in [0, 0.1) is 0 Å². The third-order valence-corrected chi connectivity index (χ3v) is 2.48. The van der Waals surface area contributed by atoms with Crippen molar-refractivity contribution in [2.24, 2.45) is 0 Å². The topological polar surface area (TPSA) is 90.1 Å². The predicted octanol–water partition coefficient (Wildman–Crippen LogP) is 2.01. The molecule has 0 aliphatic heterocycles. The maximum atomic E-state index is 5.75. The van der Waals surface area contributed by atoms with Gasteiger partial charge in [0.05, 0.1) is 24.2 Å².